The molecule has 1 aromatic rings. The van der Waals surface area contributed by atoms with E-state index in [9.17, 15) is 0 Å². The molecule has 0 spiro atoms. The van der Waals surface area contributed by atoms with Gasteiger partial charge in [-0.3, -0.25) is 0 Å². The molecule has 1 unspecified atom stereocenters. The largest absolute Gasteiger partial charge is 0.359 e. The van der Waals surface area contributed by atoms with Crippen LogP contribution < -0.4 is 0 Å². The fraction of sp³-hybridized carbons (Fsp3) is 0.300. The third-order valence-corrected chi connectivity index (χ3v) is 2.12. The summed E-state index contributed by atoms with van der Waals surface area (Å²) in [5.41, 5.74) is 1.07. The SMILES string of the molecule is CC(C#N)OCc1ccc(Br)cc1. The van der Waals surface area contributed by atoms with E-state index in [1.807, 2.05) is 30.3 Å². The number of benzene rings is 1. The van der Waals surface area contributed by atoms with Crippen molar-refractivity contribution in [1.29, 1.82) is 5.26 Å². The number of hydrogen-bond donors (Lipinski definition) is 0. The van der Waals surface area contributed by atoms with E-state index in [0.717, 1.165) is 10.0 Å². The number of hydrogen-bond acceptors (Lipinski definition) is 2. The average molecular weight is 240 g/mol. The number of ether oxygens (including phenoxy) is 1. The van der Waals surface area contributed by atoms with Crippen molar-refractivity contribution in [1.82, 2.24) is 0 Å². The number of nitriles is 1. The molecule has 0 aliphatic rings. The summed E-state index contributed by atoms with van der Waals surface area (Å²) in [6.07, 6.45) is -0.344. The fourth-order valence-corrected chi connectivity index (χ4v) is 1.10. The van der Waals surface area contributed by atoms with E-state index in [2.05, 4.69) is 15.9 Å². The van der Waals surface area contributed by atoms with Gasteiger partial charge in [0, 0.05) is 4.47 Å². The van der Waals surface area contributed by atoms with Crippen molar-refractivity contribution in [3.05, 3.63) is 34.3 Å². The van der Waals surface area contributed by atoms with Gasteiger partial charge in [-0.15, -0.1) is 0 Å². The Morgan fingerprint density at radius 1 is 1.46 bits per heavy atom. The molecule has 0 fully saturated rings. The van der Waals surface area contributed by atoms with Gasteiger partial charge in [0.1, 0.15) is 6.10 Å². The van der Waals surface area contributed by atoms with E-state index in [4.69, 9.17) is 10.00 Å². The summed E-state index contributed by atoms with van der Waals surface area (Å²) < 4.78 is 6.29. The zero-order valence-electron chi connectivity index (χ0n) is 7.33. The van der Waals surface area contributed by atoms with Crippen LogP contribution in [0.15, 0.2) is 28.7 Å². The van der Waals surface area contributed by atoms with Gasteiger partial charge in [0.05, 0.1) is 12.7 Å². The van der Waals surface area contributed by atoms with Gasteiger partial charge in [-0.2, -0.15) is 5.26 Å². The Morgan fingerprint density at radius 2 is 2.08 bits per heavy atom. The molecule has 68 valence electrons. The van der Waals surface area contributed by atoms with E-state index >= 15 is 0 Å². The van der Waals surface area contributed by atoms with Gasteiger partial charge < -0.3 is 4.74 Å². The standard InChI is InChI=1S/C10H10BrNO/c1-8(6-12)13-7-9-2-4-10(11)5-3-9/h2-5,8H,7H2,1H3. The smallest absolute Gasteiger partial charge is 0.141 e. The minimum absolute atomic E-state index is 0.344. The van der Waals surface area contributed by atoms with Gasteiger partial charge in [-0.05, 0) is 24.6 Å². The lowest BCUT2D eigenvalue weighted by Crippen LogP contribution is -2.04. The molecule has 0 N–H and O–H groups in total. The highest BCUT2D eigenvalue weighted by molar-refractivity contribution is 9.10. The van der Waals surface area contributed by atoms with Crippen LogP contribution in [0.5, 0.6) is 0 Å². The van der Waals surface area contributed by atoms with Crippen molar-refractivity contribution in [2.45, 2.75) is 19.6 Å². The van der Waals surface area contributed by atoms with Crippen LogP contribution in [0.4, 0.5) is 0 Å². The molecule has 0 bridgehead atoms. The molecule has 1 rings (SSSR count). The summed E-state index contributed by atoms with van der Waals surface area (Å²) >= 11 is 3.35. The highest BCUT2D eigenvalue weighted by Gasteiger charge is 1.99. The Bertz CT molecular complexity index is 302. The number of halogens is 1. The van der Waals surface area contributed by atoms with Crippen molar-refractivity contribution in [2.24, 2.45) is 0 Å². The van der Waals surface area contributed by atoms with Crippen LogP contribution in [-0.2, 0) is 11.3 Å². The Kier molecular flexibility index (Phi) is 3.94. The second-order valence-corrected chi connectivity index (χ2v) is 3.62. The summed E-state index contributed by atoms with van der Waals surface area (Å²) in [4.78, 5) is 0. The third kappa shape index (κ3) is 3.58. The maximum absolute atomic E-state index is 8.47. The van der Waals surface area contributed by atoms with Crippen LogP contribution in [-0.4, -0.2) is 6.10 Å². The normalized spacial score (nSPS) is 12.1. The molecule has 1 atom stereocenters. The summed E-state index contributed by atoms with van der Waals surface area (Å²) in [7, 11) is 0. The Hall–Kier alpha value is -0.850. The Balaban J connectivity index is 2.47. The lowest BCUT2D eigenvalue weighted by Gasteiger charge is -2.04. The summed E-state index contributed by atoms with van der Waals surface area (Å²) in [5.74, 6) is 0. The van der Waals surface area contributed by atoms with E-state index < -0.39 is 0 Å². The molecule has 0 aliphatic carbocycles. The fourth-order valence-electron chi connectivity index (χ4n) is 0.839. The monoisotopic (exact) mass is 239 g/mol. The van der Waals surface area contributed by atoms with Crippen LogP contribution in [0.1, 0.15) is 12.5 Å². The molecule has 0 radical (unpaired) electrons. The second-order valence-electron chi connectivity index (χ2n) is 2.71. The molecule has 0 amide bonds. The molecule has 0 saturated heterocycles. The molecular weight excluding hydrogens is 230 g/mol. The van der Waals surface area contributed by atoms with Gasteiger partial charge in [0.2, 0.25) is 0 Å². The van der Waals surface area contributed by atoms with Crippen LogP contribution in [0.2, 0.25) is 0 Å². The molecule has 0 saturated carbocycles. The highest BCUT2D eigenvalue weighted by atomic mass is 79.9. The molecule has 0 aromatic heterocycles. The topological polar surface area (TPSA) is 33.0 Å². The first-order valence-corrected chi connectivity index (χ1v) is 4.77. The van der Waals surface area contributed by atoms with Gasteiger partial charge in [0.15, 0.2) is 0 Å². The number of nitrogens with zero attached hydrogens (tertiary/aromatic N) is 1. The van der Waals surface area contributed by atoms with Crippen molar-refractivity contribution in [2.75, 3.05) is 0 Å². The van der Waals surface area contributed by atoms with E-state index in [-0.39, 0.29) is 6.10 Å². The van der Waals surface area contributed by atoms with Crippen molar-refractivity contribution < 1.29 is 4.74 Å². The van der Waals surface area contributed by atoms with Crippen LogP contribution in [0, 0.1) is 11.3 Å². The van der Waals surface area contributed by atoms with Crippen LogP contribution in [0.3, 0.4) is 0 Å². The number of rotatable bonds is 3. The Labute approximate surface area is 86.3 Å². The lowest BCUT2D eigenvalue weighted by atomic mass is 10.2. The third-order valence-electron chi connectivity index (χ3n) is 1.60. The average Bonchev–Trinajstić information content (AvgIpc) is 2.16. The summed E-state index contributed by atoms with van der Waals surface area (Å²) in [5, 5.41) is 8.47. The summed E-state index contributed by atoms with van der Waals surface area (Å²) in [6, 6.07) is 9.86. The predicted molar refractivity (Wildman–Crippen MR) is 54.0 cm³/mol. The zero-order valence-corrected chi connectivity index (χ0v) is 8.91. The summed E-state index contributed by atoms with van der Waals surface area (Å²) in [6.45, 7) is 2.22. The molecule has 3 heteroatoms. The van der Waals surface area contributed by atoms with Crippen molar-refractivity contribution in [3.8, 4) is 6.07 Å². The second kappa shape index (κ2) is 5.00. The highest BCUT2D eigenvalue weighted by Crippen LogP contribution is 2.11. The molecule has 2 nitrogen and oxygen atoms in total. The molecule has 0 aliphatic heterocycles. The molecular formula is C10H10BrNO. The minimum atomic E-state index is -0.344. The van der Waals surface area contributed by atoms with Crippen molar-refractivity contribution in [3.63, 3.8) is 0 Å². The first-order valence-electron chi connectivity index (χ1n) is 3.98. The first-order chi connectivity index (χ1) is 6.22. The van der Waals surface area contributed by atoms with Gasteiger partial charge >= 0.3 is 0 Å². The van der Waals surface area contributed by atoms with Crippen molar-refractivity contribution >= 4 is 15.9 Å². The van der Waals surface area contributed by atoms with Gasteiger partial charge in [-0.1, -0.05) is 28.1 Å². The minimum Gasteiger partial charge on any atom is -0.359 e. The quantitative estimate of drug-likeness (QED) is 0.813. The van der Waals surface area contributed by atoms with E-state index in [1.165, 1.54) is 0 Å². The maximum atomic E-state index is 8.47. The molecule has 0 heterocycles. The van der Waals surface area contributed by atoms with Crippen LogP contribution >= 0.6 is 15.9 Å². The lowest BCUT2D eigenvalue weighted by molar-refractivity contribution is 0.0887. The van der Waals surface area contributed by atoms with Gasteiger partial charge in [-0.25, -0.2) is 0 Å². The zero-order chi connectivity index (χ0) is 9.68. The van der Waals surface area contributed by atoms with Crippen LogP contribution in [0.25, 0.3) is 0 Å². The van der Waals surface area contributed by atoms with Gasteiger partial charge in [0.25, 0.3) is 0 Å². The Morgan fingerprint density at radius 3 is 2.62 bits per heavy atom. The molecule has 13 heavy (non-hydrogen) atoms. The first kappa shape index (κ1) is 10.2. The maximum Gasteiger partial charge on any atom is 0.141 e. The van der Waals surface area contributed by atoms with E-state index in [0.29, 0.717) is 6.61 Å². The van der Waals surface area contributed by atoms with E-state index in [1.54, 1.807) is 6.92 Å². The molecule has 1 aromatic carbocycles. The predicted octanol–water partition coefficient (Wildman–Crippen LogP) is 2.88.